The van der Waals surface area contributed by atoms with E-state index in [1.807, 2.05) is 25.1 Å². The monoisotopic (exact) mass is 430 g/mol. The summed E-state index contributed by atoms with van der Waals surface area (Å²) in [5.74, 6) is 0.892. The van der Waals surface area contributed by atoms with Crippen LogP contribution in [0.1, 0.15) is 57.8 Å². The summed E-state index contributed by atoms with van der Waals surface area (Å²) in [6, 6.07) is 5.58. The van der Waals surface area contributed by atoms with Crippen LogP contribution in [-0.4, -0.2) is 32.3 Å². The molecule has 9 heteroatoms. The van der Waals surface area contributed by atoms with Gasteiger partial charge in [-0.2, -0.15) is 10.1 Å². The maximum Gasteiger partial charge on any atom is 0.227 e. The van der Waals surface area contributed by atoms with Gasteiger partial charge in [-0.15, -0.1) is 0 Å². The third-order valence-corrected chi connectivity index (χ3v) is 5.22. The molecule has 3 rings (SSSR count). The lowest BCUT2D eigenvalue weighted by molar-refractivity contribution is 0.564. The number of aromatic nitrogens is 4. The average Bonchev–Trinajstić information content (AvgIpc) is 3.10. The van der Waals surface area contributed by atoms with Crippen LogP contribution in [0.15, 0.2) is 23.2 Å². The Morgan fingerprint density at radius 2 is 1.97 bits per heavy atom. The zero-order valence-corrected chi connectivity index (χ0v) is 19.0. The smallest absolute Gasteiger partial charge is 0.227 e. The third kappa shape index (κ3) is 4.44. The number of benzene rings is 1. The van der Waals surface area contributed by atoms with E-state index in [1.54, 1.807) is 0 Å². The highest BCUT2D eigenvalue weighted by atomic mass is 35.5. The fourth-order valence-corrected chi connectivity index (χ4v) is 3.60. The predicted molar refractivity (Wildman–Crippen MR) is 124 cm³/mol. The number of rotatable bonds is 7. The quantitative estimate of drug-likeness (QED) is 0.427. The van der Waals surface area contributed by atoms with Crippen molar-refractivity contribution in [2.75, 3.05) is 17.6 Å². The van der Waals surface area contributed by atoms with E-state index < -0.39 is 0 Å². The van der Waals surface area contributed by atoms with Gasteiger partial charge in [0.1, 0.15) is 0 Å². The molecule has 0 fully saturated rings. The lowest BCUT2D eigenvalue weighted by atomic mass is 10.1. The standard InChI is InChI=1S/C21H31ClN8/c1-11(2)17-19-18(29-28-17)20(25-10-14-15(22)7-6-8-16(14)24)27-21(26-9-13(5)23)30(19)12(3)4/h6-8,11-13H,9-10,23-24H2,1-5H3,(H,28,29)(H,25,26,27). The van der Waals surface area contributed by atoms with Gasteiger partial charge in [0.25, 0.3) is 0 Å². The number of hydrogen-bond acceptors (Lipinski definition) is 6. The fourth-order valence-electron chi connectivity index (χ4n) is 3.35. The molecule has 1 atom stereocenters. The van der Waals surface area contributed by atoms with Gasteiger partial charge in [-0.3, -0.25) is 5.10 Å². The second kappa shape index (κ2) is 9.06. The molecule has 0 saturated heterocycles. The Morgan fingerprint density at radius 3 is 2.57 bits per heavy atom. The van der Waals surface area contributed by atoms with E-state index >= 15 is 0 Å². The molecule has 1 aromatic carbocycles. The molecule has 2 aromatic heterocycles. The van der Waals surface area contributed by atoms with E-state index in [4.69, 9.17) is 33.0 Å². The van der Waals surface area contributed by atoms with Gasteiger partial charge in [0.05, 0.1) is 17.8 Å². The van der Waals surface area contributed by atoms with Crippen LogP contribution in [0.25, 0.3) is 11.0 Å². The van der Waals surface area contributed by atoms with Gasteiger partial charge in [-0.05, 0) is 38.8 Å². The van der Waals surface area contributed by atoms with Crippen LogP contribution in [0.5, 0.6) is 0 Å². The normalized spacial score (nSPS) is 13.6. The van der Waals surface area contributed by atoms with Gasteiger partial charge < -0.3 is 21.4 Å². The maximum absolute atomic E-state index is 6.34. The first-order valence-corrected chi connectivity index (χ1v) is 10.6. The number of nitrogens with zero attached hydrogens (tertiary/aromatic N) is 4. The van der Waals surface area contributed by atoms with Crippen LogP contribution < -0.4 is 22.4 Å². The number of nitrogens with one attached hydrogen (secondary N) is 2. The van der Waals surface area contributed by atoms with Gasteiger partial charge in [0.15, 0.2) is 11.3 Å². The molecule has 0 amide bonds. The van der Waals surface area contributed by atoms with Crippen molar-refractivity contribution in [1.82, 2.24) is 19.7 Å². The highest BCUT2D eigenvalue weighted by Crippen LogP contribution is 2.28. The van der Waals surface area contributed by atoms with Crippen molar-refractivity contribution in [3.05, 3.63) is 40.1 Å². The lowest BCUT2D eigenvalue weighted by Crippen LogP contribution is -2.30. The molecule has 6 N–H and O–H groups in total. The van der Waals surface area contributed by atoms with Crippen molar-refractivity contribution in [1.29, 1.82) is 0 Å². The number of nitrogen functional groups attached to an aromatic ring is 1. The van der Waals surface area contributed by atoms with Crippen LogP contribution in [0.4, 0.5) is 11.5 Å². The summed E-state index contributed by atoms with van der Waals surface area (Å²) in [4.78, 5) is 9.51. The Bertz CT molecular complexity index is 1070. The minimum absolute atomic E-state index is 0.0589. The van der Waals surface area contributed by atoms with E-state index in [2.05, 4.69) is 47.8 Å². The summed E-state index contributed by atoms with van der Waals surface area (Å²) < 4.78 is 2.12. The number of hydrogen-bond donors (Lipinski definition) is 4. The molecule has 1 unspecified atom stereocenters. The summed E-state index contributed by atoms with van der Waals surface area (Å²) in [7, 11) is 0. The summed E-state index contributed by atoms with van der Waals surface area (Å²) in [5.41, 5.74) is 16.9. The Kier molecular flexibility index (Phi) is 6.67. The molecule has 0 radical (unpaired) electrons. The summed E-state index contributed by atoms with van der Waals surface area (Å²) in [6.07, 6.45) is 0. The topological polar surface area (TPSA) is 123 Å². The van der Waals surface area contributed by atoms with Crippen molar-refractivity contribution < 1.29 is 0 Å². The van der Waals surface area contributed by atoms with E-state index in [-0.39, 0.29) is 18.0 Å². The number of H-pyrrole nitrogens is 1. The van der Waals surface area contributed by atoms with Crippen molar-refractivity contribution in [2.24, 2.45) is 10.7 Å². The molecule has 0 spiro atoms. The highest BCUT2D eigenvalue weighted by molar-refractivity contribution is 6.31. The molecule has 0 aliphatic carbocycles. The predicted octanol–water partition coefficient (Wildman–Crippen LogP) is 3.56. The Morgan fingerprint density at radius 1 is 1.23 bits per heavy atom. The summed E-state index contributed by atoms with van der Waals surface area (Å²) in [5, 5.41) is 11.7. The number of anilines is 2. The highest BCUT2D eigenvalue weighted by Gasteiger charge is 2.20. The van der Waals surface area contributed by atoms with Crippen LogP contribution in [0.2, 0.25) is 5.02 Å². The summed E-state index contributed by atoms with van der Waals surface area (Å²) in [6.45, 7) is 11.3. The first-order valence-electron chi connectivity index (χ1n) is 10.2. The van der Waals surface area contributed by atoms with E-state index in [0.29, 0.717) is 35.2 Å². The molecule has 0 aliphatic rings. The van der Waals surface area contributed by atoms with Crippen molar-refractivity contribution in [2.45, 2.75) is 59.2 Å². The van der Waals surface area contributed by atoms with Crippen molar-refractivity contribution >= 4 is 34.1 Å². The second-order valence-electron chi connectivity index (χ2n) is 8.19. The maximum atomic E-state index is 6.34. The fraction of sp³-hybridized carbons (Fsp3) is 0.476. The molecule has 2 heterocycles. The molecule has 0 bridgehead atoms. The van der Waals surface area contributed by atoms with Crippen molar-refractivity contribution in [3.8, 4) is 0 Å². The Hall–Kier alpha value is -2.58. The van der Waals surface area contributed by atoms with Gasteiger partial charge in [0.2, 0.25) is 5.62 Å². The molecule has 0 aliphatic heterocycles. The number of aromatic amines is 1. The van der Waals surface area contributed by atoms with Gasteiger partial charge in [-0.25, -0.2) is 4.99 Å². The number of nitrogens with two attached hydrogens (primary N) is 2. The van der Waals surface area contributed by atoms with Crippen LogP contribution in [0, 0.1) is 0 Å². The summed E-state index contributed by atoms with van der Waals surface area (Å²) >= 11 is 6.34. The van der Waals surface area contributed by atoms with E-state index in [9.17, 15) is 0 Å². The van der Waals surface area contributed by atoms with Gasteiger partial charge in [-0.1, -0.05) is 31.5 Å². The van der Waals surface area contributed by atoms with Crippen LogP contribution in [0.3, 0.4) is 0 Å². The number of halogens is 1. The molecular formula is C21H31ClN8. The number of fused-ring (bicyclic) bond motifs is 1. The largest absolute Gasteiger partial charge is 0.398 e. The minimum Gasteiger partial charge on any atom is -0.398 e. The molecule has 162 valence electrons. The molecular weight excluding hydrogens is 400 g/mol. The van der Waals surface area contributed by atoms with Crippen molar-refractivity contribution in [3.63, 3.8) is 0 Å². The first-order chi connectivity index (χ1) is 14.2. The molecule has 3 aromatic rings. The van der Waals surface area contributed by atoms with Crippen LogP contribution >= 0.6 is 11.6 Å². The first kappa shape index (κ1) is 22.1. The van der Waals surface area contributed by atoms with E-state index in [0.717, 1.165) is 22.3 Å². The van der Waals surface area contributed by atoms with Gasteiger partial charge >= 0.3 is 0 Å². The Balaban J connectivity index is 2.19. The zero-order chi connectivity index (χ0) is 22.0. The van der Waals surface area contributed by atoms with Gasteiger partial charge in [0, 0.05) is 34.9 Å². The van der Waals surface area contributed by atoms with Crippen LogP contribution in [-0.2, 0) is 6.54 Å². The SMILES string of the molecule is CC(N)CN=c1nc(NCc2c(N)cccc2Cl)c2n[nH]c(C(C)C)c2n1C(C)C. The zero-order valence-electron chi connectivity index (χ0n) is 18.2. The Labute approximate surface area is 181 Å². The lowest BCUT2D eigenvalue weighted by Gasteiger charge is -2.18. The molecule has 30 heavy (non-hydrogen) atoms. The third-order valence-electron chi connectivity index (χ3n) is 4.86. The average molecular weight is 431 g/mol. The second-order valence-corrected chi connectivity index (χ2v) is 8.60. The molecule has 8 nitrogen and oxygen atoms in total. The minimum atomic E-state index is -0.0589. The van der Waals surface area contributed by atoms with E-state index in [1.165, 1.54) is 0 Å². The molecule has 0 saturated carbocycles.